The monoisotopic (exact) mass is 371 g/mol. The molecule has 0 aromatic carbocycles. The Kier molecular flexibility index (Phi) is 5.76. The summed E-state index contributed by atoms with van der Waals surface area (Å²) >= 11 is 0. The van der Waals surface area contributed by atoms with Crippen LogP contribution in [0, 0.1) is 0 Å². The van der Waals surface area contributed by atoms with E-state index < -0.39 is 48.3 Å². The lowest BCUT2D eigenvalue weighted by Crippen LogP contribution is -2.55. The van der Waals surface area contributed by atoms with Crippen molar-refractivity contribution in [3.8, 4) is 5.88 Å². The first-order valence-electron chi connectivity index (χ1n) is 7.30. The van der Waals surface area contributed by atoms with Crippen molar-refractivity contribution in [3.05, 3.63) is 23.9 Å². The van der Waals surface area contributed by atoms with Crippen LogP contribution in [0.5, 0.6) is 5.88 Å². The average Bonchev–Trinajstić information content (AvgIpc) is 2.54. The van der Waals surface area contributed by atoms with E-state index in [1.165, 1.54) is 0 Å². The molecule has 1 aliphatic heterocycles. The Hall–Kier alpha value is -2.04. The van der Waals surface area contributed by atoms with Crippen LogP contribution in [0.25, 0.3) is 0 Å². The van der Waals surface area contributed by atoms with Crippen LogP contribution >= 0.6 is 0 Å². The van der Waals surface area contributed by atoms with E-state index in [-0.39, 0.29) is 13.0 Å². The number of aromatic nitrogens is 1. The number of nitrogens with zero attached hydrogens (tertiary/aromatic N) is 1. The molecule has 1 aromatic rings. The van der Waals surface area contributed by atoms with Gasteiger partial charge in [-0.25, -0.2) is 9.37 Å². The summed E-state index contributed by atoms with van der Waals surface area (Å²) in [5.41, 5.74) is -1.34. The van der Waals surface area contributed by atoms with Gasteiger partial charge in [0.1, 0.15) is 11.7 Å². The quantitative estimate of drug-likeness (QED) is 0.777. The number of carbonyl (C=O) groups excluding carboxylic acids is 1. The third-order valence-electron chi connectivity index (χ3n) is 3.52. The van der Waals surface area contributed by atoms with Gasteiger partial charge in [0.15, 0.2) is 6.61 Å². The van der Waals surface area contributed by atoms with E-state index in [9.17, 15) is 31.1 Å². The first-order valence-corrected chi connectivity index (χ1v) is 7.30. The van der Waals surface area contributed by atoms with Gasteiger partial charge < -0.3 is 15.4 Å². The van der Waals surface area contributed by atoms with Crippen molar-refractivity contribution in [2.24, 2.45) is 0 Å². The van der Waals surface area contributed by atoms with Crippen molar-refractivity contribution in [1.82, 2.24) is 15.6 Å². The number of piperidine rings is 1. The number of carbonyl (C=O) groups is 1. The minimum atomic E-state index is -4.85. The summed E-state index contributed by atoms with van der Waals surface area (Å²) in [5, 5.41) is 4.55. The van der Waals surface area contributed by atoms with Crippen LogP contribution in [0.2, 0.25) is 0 Å². The Morgan fingerprint density at radius 2 is 2.08 bits per heavy atom. The van der Waals surface area contributed by atoms with Crippen LogP contribution in [0.15, 0.2) is 18.3 Å². The van der Waals surface area contributed by atoms with E-state index in [0.29, 0.717) is 12.6 Å². The Morgan fingerprint density at radius 3 is 2.72 bits per heavy atom. The minimum Gasteiger partial charge on any atom is -0.470 e. The lowest BCUT2D eigenvalue weighted by atomic mass is 10.0. The Labute approximate surface area is 138 Å². The number of hydrogen-bond acceptors (Lipinski definition) is 4. The lowest BCUT2D eigenvalue weighted by Gasteiger charge is -2.29. The van der Waals surface area contributed by atoms with Crippen molar-refractivity contribution in [2.75, 3.05) is 19.7 Å². The Balaban J connectivity index is 2.00. The predicted molar refractivity (Wildman–Crippen MR) is 74.0 cm³/mol. The third kappa shape index (κ3) is 4.97. The molecule has 1 aliphatic rings. The van der Waals surface area contributed by atoms with Crippen molar-refractivity contribution >= 4 is 5.91 Å². The number of ether oxygens (including phenoxy) is 1. The molecule has 0 radical (unpaired) electrons. The highest BCUT2D eigenvalue weighted by Gasteiger charge is 2.43. The molecule has 1 saturated heterocycles. The third-order valence-corrected chi connectivity index (χ3v) is 3.52. The van der Waals surface area contributed by atoms with Gasteiger partial charge in [-0.3, -0.25) is 4.79 Å². The minimum absolute atomic E-state index is 0.0874. The molecule has 0 aliphatic carbocycles. The van der Waals surface area contributed by atoms with Gasteiger partial charge in [0, 0.05) is 12.7 Å². The highest BCUT2D eigenvalue weighted by Crippen LogP contribution is 2.35. The number of nitrogens with one attached hydrogen (secondary N) is 2. The van der Waals surface area contributed by atoms with Crippen LogP contribution in [-0.4, -0.2) is 48.7 Å². The first kappa shape index (κ1) is 19.3. The van der Waals surface area contributed by atoms with E-state index in [4.69, 9.17) is 0 Å². The highest BCUT2D eigenvalue weighted by atomic mass is 19.4. The zero-order valence-corrected chi connectivity index (χ0v) is 12.7. The molecule has 2 N–H and O–H groups in total. The standard InChI is InChI=1S/C14H15F6N3O2/c15-9-6-21-5-3-10(9)23-12(24)13(16,17)7-25-11-8(14(18,19)20)2-1-4-22-11/h1-2,4,9-10,21H,3,5-7H2,(H,23,24)/t9-,10-/m0/s1. The molecule has 1 amide bonds. The van der Waals surface area contributed by atoms with Crippen molar-refractivity contribution in [2.45, 2.75) is 30.7 Å². The second-order valence-electron chi connectivity index (χ2n) is 5.44. The molecule has 2 rings (SSSR count). The summed E-state index contributed by atoms with van der Waals surface area (Å²) in [6.45, 7) is -1.40. The fraction of sp³-hybridized carbons (Fsp3) is 0.571. The van der Waals surface area contributed by atoms with Gasteiger partial charge >= 0.3 is 12.1 Å². The van der Waals surface area contributed by atoms with Gasteiger partial charge in [-0.15, -0.1) is 0 Å². The number of halogens is 6. The fourth-order valence-corrected chi connectivity index (χ4v) is 2.20. The van der Waals surface area contributed by atoms with Gasteiger partial charge in [-0.05, 0) is 25.1 Å². The predicted octanol–water partition coefficient (Wildman–Crippen LogP) is 1.93. The van der Waals surface area contributed by atoms with E-state index in [1.54, 1.807) is 0 Å². The average molecular weight is 371 g/mol. The summed E-state index contributed by atoms with van der Waals surface area (Å²) in [7, 11) is 0. The number of rotatable bonds is 5. The van der Waals surface area contributed by atoms with Gasteiger partial charge in [-0.1, -0.05) is 0 Å². The number of alkyl halides is 6. The smallest absolute Gasteiger partial charge is 0.421 e. The van der Waals surface area contributed by atoms with Crippen LogP contribution in [0.3, 0.4) is 0 Å². The van der Waals surface area contributed by atoms with Gasteiger partial charge in [0.05, 0.1) is 6.04 Å². The second-order valence-corrected chi connectivity index (χ2v) is 5.44. The summed E-state index contributed by atoms with van der Waals surface area (Å²) in [5.74, 6) is -7.02. The summed E-state index contributed by atoms with van der Waals surface area (Å²) in [6, 6.07) is 0.489. The summed E-state index contributed by atoms with van der Waals surface area (Å²) < 4.78 is 83.9. The van der Waals surface area contributed by atoms with Crippen molar-refractivity contribution in [3.63, 3.8) is 0 Å². The van der Waals surface area contributed by atoms with E-state index in [0.717, 1.165) is 12.3 Å². The number of amides is 1. The molecule has 0 unspecified atom stereocenters. The molecule has 140 valence electrons. The first-order chi connectivity index (χ1) is 11.6. The molecule has 0 saturated carbocycles. The molecule has 25 heavy (non-hydrogen) atoms. The molecule has 2 atom stereocenters. The molecule has 11 heteroatoms. The van der Waals surface area contributed by atoms with E-state index >= 15 is 0 Å². The van der Waals surface area contributed by atoms with Crippen LogP contribution in [0.4, 0.5) is 26.3 Å². The fourth-order valence-electron chi connectivity index (χ4n) is 2.20. The molecular formula is C14H15F6N3O2. The molecule has 1 aromatic heterocycles. The molecule has 0 bridgehead atoms. The number of pyridine rings is 1. The number of hydrogen-bond donors (Lipinski definition) is 2. The van der Waals surface area contributed by atoms with Gasteiger partial charge in [0.25, 0.3) is 5.91 Å². The van der Waals surface area contributed by atoms with Crippen molar-refractivity contribution < 1.29 is 35.9 Å². The second kappa shape index (κ2) is 7.46. The maximum atomic E-state index is 13.8. The Bertz CT molecular complexity index is 610. The van der Waals surface area contributed by atoms with Crippen LogP contribution < -0.4 is 15.4 Å². The Morgan fingerprint density at radius 1 is 1.36 bits per heavy atom. The topological polar surface area (TPSA) is 63.2 Å². The van der Waals surface area contributed by atoms with Crippen molar-refractivity contribution in [1.29, 1.82) is 0 Å². The molecule has 0 spiro atoms. The highest BCUT2D eigenvalue weighted by molar-refractivity contribution is 5.83. The zero-order valence-electron chi connectivity index (χ0n) is 12.7. The largest absolute Gasteiger partial charge is 0.470 e. The maximum Gasteiger partial charge on any atom is 0.421 e. The van der Waals surface area contributed by atoms with Gasteiger partial charge in [-0.2, -0.15) is 22.0 Å². The maximum absolute atomic E-state index is 13.8. The molecular weight excluding hydrogens is 356 g/mol. The van der Waals surface area contributed by atoms with E-state index in [1.807, 2.05) is 5.32 Å². The van der Waals surface area contributed by atoms with Crippen LogP contribution in [0.1, 0.15) is 12.0 Å². The lowest BCUT2D eigenvalue weighted by molar-refractivity contribution is -0.152. The zero-order chi connectivity index (χ0) is 18.7. The molecule has 1 fully saturated rings. The summed E-state index contributed by atoms with van der Waals surface area (Å²) in [4.78, 5) is 14.9. The van der Waals surface area contributed by atoms with Gasteiger partial charge in [0.2, 0.25) is 5.88 Å². The van der Waals surface area contributed by atoms with E-state index in [2.05, 4.69) is 15.0 Å². The SMILES string of the molecule is O=C(N[C@H]1CCNC[C@@H]1F)C(F)(F)COc1ncccc1C(F)(F)F. The normalized spacial score (nSPS) is 21.7. The van der Waals surface area contributed by atoms with Crippen LogP contribution in [-0.2, 0) is 11.0 Å². The molecule has 2 heterocycles. The molecule has 5 nitrogen and oxygen atoms in total. The summed E-state index contributed by atoms with van der Waals surface area (Å²) in [6.07, 6.45) is -5.34.